The van der Waals surface area contributed by atoms with Crippen LogP contribution in [0.15, 0.2) is 48.7 Å². The maximum absolute atomic E-state index is 5.44. The zero-order valence-electron chi connectivity index (χ0n) is 15.4. The van der Waals surface area contributed by atoms with Gasteiger partial charge < -0.3 is 24.8 Å². The molecule has 3 aromatic rings. The van der Waals surface area contributed by atoms with Gasteiger partial charge in [-0.05, 0) is 43.3 Å². The molecule has 0 aliphatic rings. The molecular formula is C19H21N5O3. The van der Waals surface area contributed by atoms with Crippen molar-refractivity contribution in [2.75, 3.05) is 31.5 Å². The van der Waals surface area contributed by atoms with Gasteiger partial charge in [0.05, 0.1) is 27.0 Å². The minimum Gasteiger partial charge on any atom is -0.494 e. The van der Waals surface area contributed by atoms with Gasteiger partial charge >= 0.3 is 0 Å². The molecule has 0 atom stereocenters. The monoisotopic (exact) mass is 367 g/mol. The molecule has 0 spiro atoms. The van der Waals surface area contributed by atoms with E-state index in [1.165, 1.54) is 0 Å². The van der Waals surface area contributed by atoms with Crippen LogP contribution in [0.2, 0.25) is 0 Å². The van der Waals surface area contributed by atoms with Gasteiger partial charge in [-0.15, -0.1) is 5.10 Å². The number of rotatable bonds is 8. The number of anilines is 4. The van der Waals surface area contributed by atoms with Gasteiger partial charge in [0, 0.05) is 17.4 Å². The molecule has 0 fully saturated rings. The molecule has 27 heavy (non-hydrogen) atoms. The van der Waals surface area contributed by atoms with Crippen molar-refractivity contribution < 1.29 is 14.2 Å². The van der Waals surface area contributed by atoms with Gasteiger partial charge in [-0.25, -0.2) is 0 Å². The van der Waals surface area contributed by atoms with Crippen molar-refractivity contribution in [3.05, 3.63) is 48.7 Å². The van der Waals surface area contributed by atoms with Gasteiger partial charge in [-0.3, -0.25) is 0 Å². The zero-order chi connectivity index (χ0) is 19.1. The van der Waals surface area contributed by atoms with Crippen LogP contribution in [0.5, 0.6) is 17.2 Å². The van der Waals surface area contributed by atoms with Gasteiger partial charge in [-0.2, -0.15) is 10.1 Å². The zero-order valence-corrected chi connectivity index (χ0v) is 15.4. The van der Waals surface area contributed by atoms with E-state index in [0.29, 0.717) is 29.9 Å². The van der Waals surface area contributed by atoms with Gasteiger partial charge in [0.1, 0.15) is 5.75 Å². The average Bonchev–Trinajstić information content (AvgIpc) is 2.70. The summed E-state index contributed by atoms with van der Waals surface area (Å²) in [5.41, 5.74) is 1.63. The molecule has 1 heterocycles. The first-order valence-corrected chi connectivity index (χ1v) is 8.40. The number of aromatic nitrogens is 3. The standard InChI is InChI=1S/C19H21N5O3/c1-4-27-15-8-5-13(6-9-15)21-18-12-20-24-19(23-18)22-14-7-10-16(25-2)17(11-14)26-3/h5-12H,4H2,1-3H3,(H2,21,22,23,24). The maximum atomic E-state index is 5.44. The van der Waals surface area contributed by atoms with Crippen LogP contribution < -0.4 is 24.8 Å². The summed E-state index contributed by atoms with van der Waals surface area (Å²) in [5.74, 6) is 3.00. The molecule has 0 aliphatic heterocycles. The van der Waals surface area contributed by atoms with Crippen LogP contribution in [-0.4, -0.2) is 36.0 Å². The molecule has 0 unspecified atom stereocenters. The number of methoxy groups -OCH3 is 2. The Hall–Kier alpha value is -3.55. The van der Waals surface area contributed by atoms with E-state index in [2.05, 4.69) is 25.8 Å². The summed E-state index contributed by atoms with van der Waals surface area (Å²) in [7, 11) is 3.18. The molecule has 0 amide bonds. The maximum Gasteiger partial charge on any atom is 0.249 e. The molecule has 8 nitrogen and oxygen atoms in total. The summed E-state index contributed by atoms with van der Waals surface area (Å²) in [6, 6.07) is 13.1. The topological polar surface area (TPSA) is 90.4 Å². The molecule has 2 N–H and O–H groups in total. The predicted octanol–water partition coefficient (Wildman–Crippen LogP) is 3.77. The quantitative estimate of drug-likeness (QED) is 0.622. The molecular weight excluding hydrogens is 346 g/mol. The summed E-state index contributed by atoms with van der Waals surface area (Å²) in [6.45, 7) is 2.58. The Labute approximate surface area is 157 Å². The van der Waals surface area contributed by atoms with E-state index in [-0.39, 0.29) is 0 Å². The third kappa shape index (κ3) is 4.75. The Morgan fingerprint density at radius 1 is 0.889 bits per heavy atom. The van der Waals surface area contributed by atoms with Crippen LogP contribution >= 0.6 is 0 Å². The van der Waals surface area contributed by atoms with E-state index >= 15 is 0 Å². The van der Waals surface area contributed by atoms with Crippen molar-refractivity contribution >= 4 is 23.1 Å². The molecule has 0 radical (unpaired) electrons. The number of nitrogens with zero attached hydrogens (tertiary/aromatic N) is 3. The van der Waals surface area contributed by atoms with Crippen LogP contribution in [0, 0.1) is 0 Å². The van der Waals surface area contributed by atoms with Crippen molar-refractivity contribution in [2.24, 2.45) is 0 Å². The Morgan fingerprint density at radius 3 is 2.33 bits per heavy atom. The minimum absolute atomic E-state index is 0.359. The molecule has 3 rings (SSSR count). The van der Waals surface area contributed by atoms with Crippen molar-refractivity contribution in [2.45, 2.75) is 6.92 Å². The minimum atomic E-state index is 0.359. The normalized spacial score (nSPS) is 10.2. The first-order valence-electron chi connectivity index (χ1n) is 8.40. The number of ether oxygens (including phenoxy) is 3. The lowest BCUT2D eigenvalue weighted by Crippen LogP contribution is -2.03. The summed E-state index contributed by atoms with van der Waals surface area (Å²) in [6.07, 6.45) is 1.55. The molecule has 0 aliphatic carbocycles. The summed E-state index contributed by atoms with van der Waals surface area (Å²) < 4.78 is 16.0. The van der Waals surface area contributed by atoms with Crippen LogP contribution in [0.4, 0.5) is 23.1 Å². The summed E-state index contributed by atoms with van der Waals surface area (Å²) in [4.78, 5) is 4.42. The Balaban J connectivity index is 1.72. The van der Waals surface area contributed by atoms with E-state index in [0.717, 1.165) is 17.1 Å². The lowest BCUT2D eigenvalue weighted by atomic mass is 10.3. The Morgan fingerprint density at radius 2 is 1.63 bits per heavy atom. The highest BCUT2D eigenvalue weighted by atomic mass is 16.5. The van der Waals surface area contributed by atoms with Gasteiger partial charge in [0.15, 0.2) is 17.3 Å². The first kappa shape index (κ1) is 18.2. The summed E-state index contributed by atoms with van der Waals surface area (Å²) >= 11 is 0. The summed E-state index contributed by atoms with van der Waals surface area (Å²) in [5, 5.41) is 14.3. The van der Waals surface area contributed by atoms with E-state index < -0.39 is 0 Å². The number of benzene rings is 2. The van der Waals surface area contributed by atoms with Gasteiger partial charge in [-0.1, -0.05) is 0 Å². The second-order valence-electron chi connectivity index (χ2n) is 5.44. The average molecular weight is 367 g/mol. The fourth-order valence-electron chi connectivity index (χ4n) is 2.41. The second-order valence-corrected chi connectivity index (χ2v) is 5.44. The van der Waals surface area contributed by atoms with Crippen molar-refractivity contribution in [3.63, 3.8) is 0 Å². The van der Waals surface area contributed by atoms with E-state index in [4.69, 9.17) is 14.2 Å². The fourth-order valence-corrected chi connectivity index (χ4v) is 2.41. The molecule has 8 heteroatoms. The predicted molar refractivity (Wildman–Crippen MR) is 104 cm³/mol. The highest BCUT2D eigenvalue weighted by Crippen LogP contribution is 2.30. The number of nitrogens with one attached hydrogen (secondary N) is 2. The Bertz CT molecular complexity index is 887. The number of hydrogen-bond donors (Lipinski definition) is 2. The number of hydrogen-bond acceptors (Lipinski definition) is 8. The third-order valence-electron chi connectivity index (χ3n) is 3.64. The smallest absolute Gasteiger partial charge is 0.249 e. The van der Waals surface area contributed by atoms with E-state index in [9.17, 15) is 0 Å². The first-order chi connectivity index (χ1) is 13.2. The van der Waals surface area contributed by atoms with Gasteiger partial charge in [0.2, 0.25) is 5.95 Å². The Kier molecular flexibility index (Phi) is 5.88. The molecule has 0 saturated heterocycles. The highest BCUT2D eigenvalue weighted by molar-refractivity contribution is 5.61. The molecule has 0 bridgehead atoms. The molecule has 140 valence electrons. The SMILES string of the molecule is CCOc1ccc(Nc2cnnc(Nc3ccc(OC)c(OC)c3)n2)cc1. The fraction of sp³-hybridized carbons (Fsp3) is 0.211. The lowest BCUT2D eigenvalue weighted by molar-refractivity contribution is 0.340. The van der Waals surface area contributed by atoms with E-state index in [1.807, 2.05) is 37.3 Å². The van der Waals surface area contributed by atoms with Crippen LogP contribution in [0.3, 0.4) is 0 Å². The van der Waals surface area contributed by atoms with Crippen molar-refractivity contribution in [1.82, 2.24) is 15.2 Å². The van der Waals surface area contributed by atoms with Crippen molar-refractivity contribution in [1.29, 1.82) is 0 Å². The molecule has 2 aromatic carbocycles. The largest absolute Gasteiger partial charge is 0.494 e. The van der Waals surface area contributed by atoms with Crippen LogP contribution in [0.1, 0.15) is 6.92 Å². The van der Waals surface area contributed by atoms with Crippen molar-refractivity contribution in [3.8, 4) is 17.2 Å². The van der Waals surface area contributed by atoms with Gasteiger partial charge in [0.25, 0.3) is 0 Å². The van der Waals surface area contributed by atoms with Crippen LogP contribution in [-0.2, 0) is 0 Å². The van der Waals surface area contributed by atoms with Crippen LogP contribution in [0.25, 0.3) is 0 Å². The highest BCUT2D eigenvalue weighted by Gasteiger charge is 2.07. The second kappa shape index (κ2) is 8.70. The molecule has 1 aromatic heterocycles. The lowest BCUT2D eigenvalue weighted by Gasteiger charge is -2.11. The molecule has 0 saturated carbocycles. The third-order valence-corrected chi connectivity index (χ3v) is 3.64. The van der Waals surface area contributed by atoms with E-state index in [1.54, 1.807) is 32.5 Å².